The number of carbonyl (C=O) groups is 2. The summed E-state index contributed by atoms with van der Waals surface area (Å²) in [6.07, 6.45) is 12.6. The number of halogens is 4. The number of fused-ring (bicyclic) bond motifs is 6. The summed E-state index contributed by atoms with van der Waals surface area (Å²) in [5, 5.41) is 14.0. The Hall–Kier alpha value is -10.5. The first kappa shape index (κ1) is 54.8. The summed E-state index contributed by atoms with van der Waals surface area (Å²) < 4.78 is 78.4. The molecule has 9 heterocycles. The molecule has 4 aromatic carbocycles. The van der Waals surface area contributed by atoms with E-state index in [1.807, 2.05) is 21.6 Å². The number of aryl methyl sites for hydroxylation is 1. The van der Waals surface area contributed by atoms with E-state index < -0.39 is 23.3 Å². The summed E-state index contributed by atoms with van der Waals surface area (Å²) in [7, 11) is 1.59. The fourth-order valence-corrected chi connectivity index (χ4v) is 11.4. The van der Waals surface area contributed by atoms with Crippen LogP contribution < -0.4 is 29.9 Å². The number of piperazine rings is 1. The number of piperidine rings is 1. The zero-order chi connectivity index (χ0) is 59.7. The standard InChI is InChI=1S/C59H53F4N19O4/c1-7-47(83)82-25-34-17-35(82)26-80(24-34)59-65-22-43-53(74-59)57(69-28-67-43)71-38-10-12-44(31(3)49(38)61)85-36-18-37(60)54-40(19-36)70-29-79(54)14-8-9-48(84)81-16-15-78(23-30(81)2)58-64-21-42-52(73-58)56(68-27-66-42)72-39-11-13-45(32(4)50(39)62)86-46-20-41-55(51(63)33(46)5)77(6)76-75-41/h7-13,18-22,27-30,34-35H,1,14-17,23-26H2,2-6H3,(H,66,68,72)(H,67,69,71)/b9-8+/t30-,34-,35+/m1/s1. The minimum Gasteiger partial charge on any atom is -0.457 e. The SMILES string of the molecule is C=CC(=O)N1C[C@@H]2C[C@H]1CN(c1ncc3ncnc(Nc4ccc(Oc5cc(F)c6c(c5)ncn6C/C=C/C(=O)N5CCN(c6ncc7ncnc(Nc8ccc(Oc9cc%10nnn(C)c%10c(F)c9C)c(C)c8F)c7n6)C[C@H]5C)c(C)c4F)c3n1)C2. The molecule has 0 aliphatic carbocycles. The van der Waals surface area contributed by atoms with Crippen molar-refractivity contribution in [2.24, 2.45) is 13.0 Å². The molecule has 3 aliphatic rings. The van der Waals surface area contributed by atoms with Gasteiger partial charge in [0.05, 0.1) is 35.6 Å². The molecule has 6 aromatic heterocycles. The van der Waals surface area contributed by atoms with Gasteiger partial charge in [-0.1, -0.05) is 17.9 Å². The number of hydrogen-bond acceptors (Lipinski definition) is 19. The second kappa shape index (κ2) is 21.9. The minimum absolute atomic E-state index is 0.0146. The predicted octanol–water partition coefficient (Wildman–Crippen LogP) is 8.85. The number of allylic oxidation sites excluding steroid dienone is 1. The van der Waals surface area contributed by atoms with Crippen LogP contribution in [0.2, 0.25) is 0 Å². The highest BCUT2D eigenvalue weighted by Crippen LogP contribution is 2.39. The number of benzene rings is 4. The van der Waals surface area contributed by atoms with E-state index in [0.717, 1.165) is 6.42 Å². The lowest BCUT2D eigenvalue weighted by Crippen LogP contribution is -2.54. The molecule has 3 fully saturated rings. The molecule has 0 unspecified atom stereocenters. The van der Waals surface area contributed by atoms with Gasteiger partial charge in [-0.2, -0.15) is 0 Å². The largest absolute Gasteiger partial charge is 0.457 e. The van der Waals surface area contributed by atoms with E-state index in [1.54, 1.807) is 80.0 Å². The first-order valence-corrected chi connectivity index (χ1v) is 27.5. The van der Waals surface area contributed by atoms with Crippen LogP contribution in [0.1, 0.15) is 30.0 Å². The normalized spacial score (nSPS) is 17.0. The third kappa shape index (κ3) is 10.0. The average molecular weight is 1170 g/mol. The highest BCUT2D eigenvalue weighted by molar-refractivity contribution is 5.90. The van der Waals surface area contributed by atoms with Gasteiger partial charge in [0.25, 0.3) is 0 Å². The molecule has 0 saturated carbocycles. The van der Waals surface area contributed by atoms with E-state index in [1.165, 1.54) is 54.0 Å². The molecule has 10 aromatic rings. The Morgan fingerprint density at radius 2 is 1.33 bits per heavy atom. The number of carbonyl (C=O) groups excluding carboxylic acids is 2. The van der Waals surface area contributed by atoms with Crippen LogP contribution in [-0.2, 0) is 23.2 Å². The van der Waals surface area contributed by atoms with Crippen LogP contribution in [0.15, 0.2) is 98.6 Å². The number of aromatic nitrogens is 13. The van der Waals surface area contributed by atoms with Gasteiger partial charge in [0, 0.05) is 106 Å². The monoisotopic (exact) mass is 1170 g/mol. The second-order valence-corrected chi connectivity index (χ2v) is 21.5. The molecule has 2 amide bonds. The Morgan fingerprint density at radius 1 is 0.674 bits per heavy atom. The van der Waals surface area contributed by atoms with Gasteiger partial charge in [-0.05, 0) is 70.4 Å². The molecule has 2 N–H and O–H groups in total. The van der Waals surface area contributed by atoms with Gasteiger partial charge >= 0.3 is 0 Å². The number of likely N-dealkylation sites (tertiary alicyclic amines) is 1. The van der Waals surface area contributed by atoms with Crippen molar-refractivity contribution in [2.45, 2.75) is 52.7 Å². The van der Waals surface area contributed by atoms with E-state index in [2.05, 4.69) is 62.4 Å². The van der Waals surface area contributed by atoms with Gasteiger partial charge in [-0.3, -0.25) is 9.59 Å². The number of nitrogens with one attached hydrogen (secondary N) is 2. The lowest BCUT2D eigenvalue weighted by molar-refractivity contribution is -0.128. The number of anilines is 6. The van der Waals surface area contributed by atoms with Crippen LogP contribution in [0.5, 0.6) is 23.0 Å². The van der Waals surface area contributed by atoms with Gasteiger partial charge in [-0.25, -0.2) is 67.1 Å². The first-order chi connectivity index (χ1) is 41.6. The van der Waals surface area contributed by atoms with Gasteiger partial charge in [-0.15, -0.1) is 5.10 Å². The predicted molar refractivity (Wildman–Crippen MR) is 311 cm³/mol. The smallest absolute Gasteiger partial charge is 0.246 e. The number of amides is 2. The lowest BCUT2D eigenvalue weighted by Gasteiger charge is -2.39. The zero-order valence-corrected chi connectivity index (χ0v) is 47.0. The maximum atomic E-state index is 16.2. The van der Waals surface area contributed by atoms with Crippen LogP contribution in [0.3, 0.4) is 0 Å². The Morgan fingerprint density at radius 3 is 1.99 bits per heavy atom. The summed E-state index contributed by atoms with van der Waals surface area (Å²) in [5.41, 5.74) is 3.30. The van der Waals surface area contributed by atoms with Crippen molar-refractivity contribution < 1.29 is 36.6 Å². The highest BCUT2D eigenvalue weighted by Gasteiger charge is 2.41. The molecule has 13 rings (SSSR count). The lowest BCUT2D eigenvalue weighted by atomic mass is 10.0. The molecule has 3 atom stereocenters. The van der Waals surface area contributed by atoms with Crippen LogP contribution in [0.4, 0.5) is 52.5 Å². The summed E-state index contributed by atoms with van der Waals surface area (Å²) in [6.45, 7) is 13.3. The fraction of sp³-hybridized carbons (Fsp3) is 0.271. The van der Waals surface area contributed by atoms with Crippen LogP contribution >= 0.6 is 0 Å². The summed E-state index contributed by atoms with van der Waals surface area (Å²) >= 11 is 0. The molecule has 2 bridgehead atoms. The Kier molecular flexibility index (Phi) is 14.0. The molecule has 0 spiro atoms. The van der Waals surface area contributed by atoms with Crippen LogP contribution in [0, 0.1) is 50.0 Å². The Bertz CT molecular complexity index is 4440. The van der Waals surface area contributed by atoms with Gasteiger partial charge < -0.3 is 44.3 Å². The first-order valence-electron chi connectivity index (χ1n) is 27.5. The Balaban J connectivity index is 0.632. The summed E-state index contributed by atoms with van der Waals surface area (Å²) in [5.74, 6) is -0.598. The molecular weight excluding hydrogens is 1110 g/mol. The maximum Gasteiger partial charge on any atom is 0.246 e. The summed E-state index contributed by atoms with van der Waals surface area (Å²) in [6, 6.07) is 10.2. The maximum absolute atomic E-state index is 16.2. The topological polar surface area (TPSA) is 241 Å². The molecule has 86 heavy (non-hydrogen) atoms. The molecule has 3 saturated heterocycles. The number of rotatable bonds is 14. The molecule has 0 radical (unpaired) electrons. The van der Waals surface area contributed by atoms with Crippen molar-refractivity contribution in [3.05, 3.63) is 139 Å². The zero-order valence-electron chi connectivity index (χ0n) is 47.0. The van der Waals surface area contributed by atoms with Gasteiger partial charge in [0.15, 0.2) is 34.9 Å². The molecule has 23 nitrogen and oxygen atoms in total. The quantitative estimate of drug-likeness (QED) is 0.0763. The van der Waals surface area contributed by atoms with Crippen LogP contribution in [-0.4, -0.2) is 137 Å². The van der Waals surface area contributed by atoms with E-state index in [9.17, 15) is 9.59 Å². The molecular formula is C59H53F4N19O4. The number of ether oxygens (including phenoxy) is 2. The van der Waals surface area contributed by atoms with Crippen molar-refractivity contribution in [3.63, 3.8) is 0 Å². The fourth-order valence-electron chi connectivity index (χ4n) is 11.4. The minimum atomic E-state index is -0.635. The van der Waals surface area contributed by atoms with Gasteiger partial charge in [0.2, 0.25) is 23.7 Å². The third-order valence-electron chi connectivity index (χ3n) is 15.9. The van der Waals surface area contributed by atoms with Gasteiger partial charge in [0.1, 0.15) is 74.3 Å². The molecule has 27 heteroatoms. The van der Waals surface area contributed by atoms with Crippen molar-refractivity contribution in [1.82, 2.24) is 74.2 Å². The van der Waals surface area contributed by atoms with E-state index in [0.29, 0.717) is 78.7 Å². The number of imidazole rings is 1. The average Bonchev–Trinajstić information content (AvgIpc) is 3.72. The van der Waals surface area contributed by atoms with E-state index in [4.69, 9.17) is 19.4 Å². The highest BCUT2D eigenvalue weighted by atomic mass is 19.1. The van der Waals surface area contributed by atoms with Crippen LogP contribution in [0.25, 0.3) is 44.1 Å². The van der Waals surface area contributed by atoms with E-state index >= 15 is 17.6 Å². The number of nitrogens with zero attached hydrogens (tertiary/aromatic N) is 17. The van der Waals surface area contributed by atoms with E-state index in [-0.39, 0.29) is 116 Å². The third-order valence-corrected chi connectivity index (χ3v) is 15.9. The Labute approximate surface area is 487 Å². The van der Waals surface area contributed by atoms with Crippen molar-refractivity contribution in [2.75, 3.05) is 59.7 Å². The molecule has 3 aliphatic heterocycles. The second-order valence-electron chi connectivity index (χ2n) is 21.5. The summed E-state index contributed by atoms with van der Waals surface area (Å²) in [4.78, 5) is 74.2. The molecule has 436 valence electrons. The number of hydrogen-bond donors (Lipinski definition) is 2. The van der Waals surface area contributed by atoms with Crippen molar-refractivity contribution in [3.8, 4) is 23.0 Å². The van der Waals surface area contributed by atoms with Crippen molar-refractivity contribution >= 4 is 90.9 Å². The van der Waals surface area contributed by atoms with Crippen molar-refractivity contribution in [1.29, 1.82) is 0 Å².